The van der Waals surface area contributed by atoms with Gasteiger partial charge < -0.3 is 9.47 Å². The molecule has 4 rings (SSSR count). The van der Waals surface area contributed by atoms with Crippen LogP contribution in [0.2, 0.25) is 0 Å². The third-order valence-corrected chi connectivity index (χ3v) is 5.42. The molecule has 7 heteroatoms. The summed E-state index contributed by atoms with van der Waals surface area (Å²) in [6.07, 6.45) is 2.61. The number of aryl methyl sites for hydroxylation is 1. The first kappa shape index (κ1) is 22.2. The summed E-state index contributed by atoms with van der Waals surface area (Å²) >= 11 is 0. The van der Waals surface area contributed by atoms with E-state index in [0.717, 1.165) is 28.8 Å². The second kappa shape index (κ2) is 9.65. The zero-order valence-corrected chi connectivity index (χ0v) is 18.5. The minimum Gasteiger partial charge on any atom is -0.452 e. The molecule has 0 saturated heterocycles. The van der Waals surface area contributed by atoms with Gasteiger partial charge in [0.05, 0.1) is 23.4 Å². The Morgan fingerprint density at radius 1 is 1.03 bits per heavy atom. The van der Waals surface area contributed by atoms with Crippen LogP contribution in [-0.4, -0.2) is 36.2 Å². The highest BCUT2D eigenvalue weighted by molar-refractivity contribution is 6.07. The number of nitrogens with one attached hydrogen (secondary N) is 1. The van der Waals surface area contributed by atoms with Crippen LogP contribution in [0.1, 0.15) is 46.1 Å². The van der Waals surface area contributed by atoms with Crippen molar-refractivity contribution >= 4 is 40.5 Å². The Kier molecular flexibility index (Phi) is 6.49. The van der Waals surface area contributed by atoms with Crippen LogP contribution in [0.25, 0.3) is 22.6 Å². The fraction of sp³-hybridized carbons (Fsp3) is 0.231. The van der Waals surface area contributed by atoms with E-state index in [4.69, 9.17) is 9.72 Å². The van der Waals surface area contributed by atoms with Crippen molar-refractivity contribution in [3.05, 3.63) is 76.5 Å². The molecule has 0 unspecified atom stereocenters. The lowest BCUT2D eigenvalue weighted by molar-refractivity contribution is -0.123. The zero-order chi connectivity index (χ0) is 23.4. The van der Waals surface area contributed by atoms with Crippen LogP contribution < -0.4 is 5.32 Å². The number of esters is 1. The normalized spacial score (nSPS) is 13.6. The highest BCUT2D eigenvalue weighted by Crippen LogP contribution is 2.37. The number of aromatic nitrogens is 1. The first-order chi connectivity index (χ1) is 16.0. The number of alkyl carbamates (subject to hydrolysis) is 1. The van der Waals surface area contributed by atoms with Crippen molar-refractivity contribution in [2.75, 3.05) is 13.2 Å². The van der Waals surface area contributed by atoms with Gasteiger partial charge in [-0.15, -0.1) is 0 Å². The van der Waals surface area contributed by atoms with Gasteiger partial charge in [0.1, 0.15) is 0 Å². The maximum Gasteiger partial charge on any atom is 0.413 e. The molecule has 0 saturated carbocycles. The van der Waals surface area contributed by atoms with Gasteiger partial charge in [-0.25, -0.2) is 14.6 Å². The number of pyridine rings is 1. The number of benzene rings is 2. The molecule has 1 aliphatic carbocycles. The molecule has 0 aliphatic heterocycles. The molecule has 0 bridgehead atoms. The van der Waals surface area contributed by atoms with Gasteiger partial charge >= 0.3 is 12.1 Å². The fourth-order valence-corrected chi connectivity index (χ4v) is 3.90. The lowest BCUT2D eigenvalue weighted by Crippen LogP contribution is -2.34. The molecular formula is C26H24N2O5. The van der Waals surface area contributed by atoms with E-state index in [1.165, 1.54) is 5.56 Å². The Bertz CT molecular complexity index is 1260. The van der Waals surface area contributed by atoms with Gasteiger partial charge in [-0.05, 0) is 55.5 Å². The topological polar surface area (TPSA) is 94.6 Å². The summed E-state index contributed by atoms with van der Waals surface area (Å²) in [5, 5.41) is 2.69. The van der Waals surface area contributed by atoms with Crippen LogP contribution in [0.15, 0.2) is 48.5 Å². The standard InChI is InChI=1S/C26H24N2O5/c1-3-32-26(31)28-22(29)15-33-25(30)23-19-6-4-5-7-21(19)27-24-18(12-13-20(23)24)14-17-10-8-16(2)9-11-17/h4-11,14H,3,12-13,15H2,1-2H3,(H,28,29,31)/b18-14+. The number of imide groups is 1. The summed E-state index contributed by atoms with van der Waals surface area (Å²) in [5.74, 6) is -1.38. The molecule has 168 valence electrons. The predicted octanol–water partition coefficient (Wildman–Crippen LogP) is 4.46. The summed E-state index contributed by atoms with van der Waals surface area (Å²) in [4.78, 5) is 41.2. The number of allylic oxidation sites excluding steroid dienone is 1. The van der Waals surface area contributed by atoms with Crippen molar-refractivity contribution in [2.45, 2.75) is 26.7 Å². The summed E-state index contributed by atoms with van der Waals surface area (Å²) in [6, 6.07) is 15.6. The van der Waals surface area contributed by atoms with E-state index in [1.807, 2.05) is 36.5 Å². The number of carbonyl (C=O) groups excluding carboxylic acids is 3. The number of hydrogen-bond acceptors (Lipinski definition) is 6. The molecule has 1 heterocycles. The molecule has 33 heavy (non-hydrogen) atoms. The molecule has 0 radical (unpaired) electrons. The third kappa shape index (κ3) is 4.92. The van der Waals surface area contributed by atoms with Gasteiger partial charge in [-0.3, -0.25) is 10.1 Å². The molecule has 1 aromatic heterocycles. The fourth-order valence-electron chi connectivity index (χ4n) is 3.90. The van der Waals surface area contributed by atoms with Crippen molar-refractivity contribution in [3.63, 3.8) is 0 Å². The number of hydrogen-bond donors (Lipinski definition) is 1. The molecule has 0 fully saturated rings. The number of carbonyl (C=O) groups is 3. The van der Waals surface area contributed by atoms with Crippen LogP contribution in [0, 0.1) is 6.92 Å². The Hall–Kier alpha value is -4.00. The number of rotatable bonds is 5. The van der Waals surface area contributed by atoms with E-state index in [9.17, 15) is 14.4 Å². The van der Waals surface area contributed by atoms with E-state index in [1.54, 1.807) is 6.92 Å². The summed E-state index contributed by atoms with van der Waals surface area (Å²) in [6.45, 7) is 3.21. The van der Waals surface area contributed by atoms with Gasteiger partial charge in [-0.1, -0.05) is 48.0 Å². The number of para-hydroxylation sites is 1. The van der Waals surface area contributed by atoms with Gasteiger partial charge in [0.15, 0.2) is 6.61 Å². The van der Waals surface area contributed by atoms with E-state index in [2.05, 4.69) is 35.1 Å². The predicted molar refractivity (Wildman–Crippen MR) is 125 cm³/mol. The van der Waals surface area contributed by atoms with E-state index >= 15 is 0 Å². The molecule has 7 nitrogen and oxygen atoms in total. The maximum atomic E-state index is 13.1. The average molecular weight is 444 g/mol. The third-order valence-electron chi connectivity index (χ3n) is 5.42. The van der Waals surface area contributed by atoms with E-state index in [-0.39, 0.29) is 6.61 Å². The Morgan fingerprint density at radius 2 is 1.79 bits per heavy atom. The summed E-state index contributed by atoms with van der Waals surface area (Å²) < 4.78 is 9.93. The largest absolute Gasteiger partial charge is 0.452 e. The van der Waals surface area contributed by atoms with Crippen molar-refractivity contribution in [3.8, 4) is 0 Å². The van der Waals surface area contributed by atoms with Gasteiger partial charge in [0.2, 0.25) is 0 Å². The smallest absolute Gasteiger partial charge is 0.413 e. The molecule has 0 spiro atoms. The number of fused-ring (bicyclic) bond motifs is 2. The van der Waals surface area contributed by atoms with Crippen molar-refractivity contribution in [2.24, 2.45) is 0 Å². The SMILES string of the molecule is CCOC(=O)NC(=O)COC(=O)c1c2c(nc3ccccc13)/C(=C/c1ccc(C)cc1)CC2. The van der Waals surface area contributed by atoms with Crippen molar-refractivity contribution < 1.29 is 23.9 Å². The Morgan fingerprint density at radius 3 is 2.55 bits per heavy atom. The second-order valence-electron chi connectivity index (χ2n) is 7.76. The summed E-state index contributed by atoms with van der Waals surface area (Å²) in [5.41, 5.74) is 5.97. The minimum atomic E-state index is -0.875. The molecule has 2 amide bonds. The van der Waals surface area contributed by atoms with Crippen molar-refractivity contribution in [1.82, 2.24) is 10.3 Å². The lowest BCUT2D eigenvalue weighted by Gasteiger charge is -2.12. The van der Waals surface area contributed by atoms with Crippen LogP contribution in [0.5, 0.6) is 0 Å². The highest BCUT2D eigenvalue weighted by atomic mass is 16.6. The molecule has 2 aromatic carbocycles. The minimum absolute atomic E-state index is 0.131. The van der Waals surface area contributed by atoms with Crippen LogP contribution >= 0.6 is 0 Å². The highest BCUT2D eigenvalue weighted by Gasteiger charge is 2.28. The van der Waals surface area contributed by atoms with Crippen LogP contribution in [0.3, 0.4) is 0 Å². The molecule has 1 aliphatic rings. The first-order valence-electron chi connectivity index (χ1n) is 10.8. The van der Waals surface area contributed by atoms with Gasteiger partial charge in [0, 0.05) is 5.39 Å². The van der Waals surface area contributed by atoms with Gasteiger partial charge in [-0.2, -0.15) is 0 Å². The first-order valence-corrected chi connectivity index (χ1v) is 10.8. The molecular weight excluding hydrogens is 420 g/mol. The van der Waals surface area contributed by atoms with Crippen LogP contribution in [0.4, 0.5) is 4.79 Å². The van der Waals surface area contributed by atoms with Crippen LogP contribution in [-0.2, 0) is 20.7 Å². The Balaban J connectivity index is 1.65. The molecule has 3 aromatic rings. The average Bonchev–Trinajstić information content (AvgIpc) is 3.19. The van der Waals surface area contributed by atoms with Gasteiger partial charge in [0.25, 0.3) is 5.91 Å². The molecule has 1 N–H and O–H groups in total. The van der Waals surface area contributed by atoms with E-state index in [0.29, 0.717) is 22.9 Å². The number of nitrogens with zero attached hydrogens (tertiary/aromatic N) is 1. The Labute approximate surface area is 191 Å². The second-order valence-corrected chi connectivity index (χ2v) is 7.76. The quantitative estimate of drug-likeness (QED) is 0.584. The lowest BCUT2D eigenvalue weighted by atomic mass is 10.0. The number of amides is 2. The number of ether oxygens (including phenoxy) is 2. The van der Waals surface area contributed by atoms with E-state index < -0.39 is 24.6 Å². The monoisotopic (exact) mass is 444 g/mol. The zero-order valence-electron chi connectivity index (χ0n) is 18.5. The van der Waals surface area contributed by atoms with Crippen molar-refractivity contribution in [1.29, 1.82) is 0 Å². The maximum absolute atomic E-state index is 13.1. The molecule has 0 atom stereocenters. The summed E-state index contributed by atoms with van der Waals surface area (Å²) in [7, 11) is 0.